The molecule has 0 spiro atoms. The van der Waals surface area contributed by atoms with Crippen molar-refractivity contribution in [1.82, 2.24) is 61.0 Å². The molecule has 0 atom stereocenters. The number of rotatable bonds is 22. The van der Waals surface area contributed by atoms with Crippen molar-refractivity contribution in [2.24, 2.45) is 0 Å². The van der Waals surface area contributed by atoms with Gasteiger partial charge >= 0.3 is 48.2 Å². The molecule has 110 heavy (non-hydrogen) atoms. The first-order chi connectivity index (χ1) is 50.6. The van der Waals surface area contributed by atoms with Gasteiger partial charge in [-0.25, -0.2) is 28.8 Å². The lowest BCUT2D eigenvalue weighted by molar-refractivity contribution is -0.389. The number of ether oxygens (including phenoxy) is 9. The first-order valence-corrected chi connectivity index (χ1v) is 47.6. The lowest BCUT2D eigenvalue weighted by Crippen LogP contribution is -2.27. The molecule has 0 saturated carbocycles. The van der Waals surface area contributed by atoms with Crippen LogP contribution in [0, 0.1) is 20.2 Å². The van der Waals surface area contributed by atoms with Crippen LogP contribution < -0.4 is 43.4 Å². The number of nitrogens with two attached hydrogens (primary N) is 2. The number of hydrogen-bond acceptors (Lipinski definition) is 30. The van der Waals surface area contributed by atoms with Gasteiger partial charge in [-0.05, 0) is 146 Å². The molecule has 0 fully saturated rings. The molecule has 41 nitrogen and oxygen atoms in total. The minimum absolute atomic E-state index is 0.0425. The number of thiazole rings is 2. The molecule has 622 valence electrons. The van der Waals surface area contributed by atoms with Crippen LogP contribution in [0.1, 0.15) is 118 Å². The summed E-state index contributed by atoms with van der Waals surface area (Å²) in [5, 5.41) is 66.5. The molecule has 0 aliphatic heterocycles. The molecule has 0 aliphatic carbocycles. The van der Waals surface area contributed by atoms with E-state index in [1.165, 1.54) is 35.5 Å². The Bertz CT molecular complexity index is 3760. The Labute approximate surface area is 651 Å². The van der Waals surface area contributed by atoms with Gasteiger partial charge in [0.25, 0.3) is 0 Å². The molecule has 7 rings (SSSR count). The van der Waals surface area contributed by atoms with Crippen LogP contribution in [0.5, 0.6) is 0 Å². The van der Waals surface area contributed by atoms with E-state index >= 15 is 0 Å². The van der Waals surface area contributed by atoms with E-state index in [-0.39, 0.29) is 29.9 Å². The number of carbonyl (C=O) groups excluding carboxylic acids is 6. The van der Waals surface area contributed by atoms with Crippen LogP contribution >= 0.6 is 22.7 Å². The number of nitro groups is 2. The Balaban J connectivity index is 0.00000126. The van der Waals surface area contributed by atoms with Gasteiger partial charge in [0.15, 0.2) is 44.8 Å². The quantitative estimate of drug-likeness (QED) is 0.00985. The average molecular weight is 1650 g/mol. The first-order valence-electron chi connectivity index (χ1n) is 34.9. The van der Waals surface area contributed by atoms with Crippen LogP contribution in [0.25, 0.3) is 20.7 Å². The highest BCUT2D eigenvalue weighted by molar-refractivity contribution is 7.23. The number of H-pyrrole nitrogens is 5. The summed E-state index contributed by atoms with van der Waals surface area (Å²) in [5.74, 6) is 1.02. The molecule has 0 unspecified atom stereocenters. The van der Waals surface area contributed by atoms with Crippen LogP contribution in [0.15, 0.2) is 18.2 Å². The summed E-state index contributed by atoms with van der Waals surface area (Å²) in [6.07, 6.45) is -3.71. The molecule has 15 N–H and O–H groups in total. The number of amides is 6. The van der Waals surface area contributed by atoms with Crippen molar-refractivity contribution in [2.75, 3.05) is 96.2 Å². The van der Waals surface area contributed by atoms with Gasteiger partial charge in [-0.3, -0.25) is 47.2 Å². The van der Waals surface area contributed by atoms with E-state index in [4.69, 9.17) is 54.1 Å². The molecule has 7 heterocycles. The van der Waals surface area contributed by atoms with Gasteiger partial charge in [0.1, 0.15) is 43.4 Å². The lowest BCUT2D eigenvalue weighted by Gasteiger charge is -2.19. The zero-order valence-electron chi connectivity index (χ0n) is 68.3. The highest BCUT2D eigenvalue weighted by Crippen LogP contribution is 2.31. The van der Waals surface area contributed by atoms with Crippen LogP contribution in [0.2, 0.25) is 77.1 Å². The fraction of sp³-hybridized carbons (Fsp3) is 0.641. The summed E-state index contributed by atoms with van der Waals surface area (Å²) < 4.78 is 46.6. The summed E-state index contributed by atoms with van der Waals surface area (Å²) in [5.41, 5.74) is 9.44. The van der Waals surface area contributed by atoms with E-state index in [0.717, 1.165) is 67.8 Å². The highest BCUT2D eigenvalue weighted by atomic mass is 32.1. The number of hydrogen-bond donors (Lipinski definition) is 13. The van der Waals surface area contributed by atoms with E-state index in [0.29, 0.717) is 56.1 Å². The lowest BCUT2D eigenvalue weighted by atomic mass is 10.2. The maximum atomic E-state index is 11.8. The van der Waals surface area contributed by atoms with Gasteiger partial charge in [-0.15, -0.1) is 10.2 Å². The number of nitrogen functional groups attached to an aromatic ring is 2. The zero-order chi connectivity index (χ0) is 84.6. The predicted molar refractivity (Wildman–Crippen MR) is 436 cm³/mol. The van der Waals surface area contributed by atoms with Crippen LogP contribution in [-0.2, 0) is 42.6 Å². The number of nitrogens with one attached hydrogen (secondary N) is 11. The van der Waals surface area contributed by atoms with Crippen molar-refractivity contribution in [2.45, 2.75) is 217 Å². The van der Waals surface area contributed by atoms with E-state index in [2.05, 4.69) is 152 Å². The summed E-state index contributed by atoms with van der Waals surface area (Å²) in [6.45, 7) is 57.8. The number of anilines is 8. The van der Waals surface area contributed by atoms with Crippen molar-refractivity contribution in [3.8, 4) is 0 Å². The number of aromatic nitrogens is 12. The van der Waals surface area contributed by atoms with E-state index in [1.54, 1.807) is 96.9 Å². The average Bonchev–Trinajstić information content (AvgIpc) is 1.66. The summed E-state index contributed by atoms with van der Waals surface area (Å²) in [6, 6.07) is 7.58. The highest BCUT2D eigenvalue weighted by Gasteiger charge is 2.24. The van der Waals surface area contributed by atoms with Crippen LogP contribution in [-0.4, -0.2) is 207 Å². The zero-order valence-corrected chi connectivity index (χ0v) is 72.9. The van der Waals surface area contributed by atoms with Crippen LogP contribution in [0.3, 0.4) is 0 Å². The topological polar surface area (TPSA) is 565 Å². The molecular weight excluding hydrogens is 1530 g/mol. The molecule has 7 aromatic rings. The van der Waals surface area contributed by atoms with Gasteiger partial charge in [-0.2, -0.15) is 25.3 Å². The van der Waals surface area contributed by atoms with Crippen molar-refractivity contribution in [3.05, 3.63) is 38.4 Å². The van der Waals surface area contributed by atoms with Crippen molar-refractivity contribution in [3.63, 3.8) is 0 Å². The van der Waals surface area contributed by atoms with Gasteiger partial charge < -0.3 is 74.3 Å². The third-order valence-electron chi connectivity index (χ3n) is 11.4. The Morgan fingerprint density at radius 1 is 0.427 bits per heavy atom. The third kappa shape index (κ3) is 50.9. The van der Waals surface area contributed by atoms with E-state index in [1.807, 2.05) is 20.8 Å². The normalized spacial score (nSPS) is 11.2. The molecular formula is C64H118N22O19S2Si3. The molecule has 7 aromatic heterocycles. The monoisotopic (exact) mass is 1650 g/mol. The van der Waals surface area contributed by atoms with E-state index < -0.39 is 93.0 Å². The maximum absolute atomic E-state index is 11.8. The Kier molecular flexibility index (Phi) is 43.9. The molecule has 46 heteroatoms. The Hall–Kier alpha value is -9.62. The second-order valence-corrected chi connectivity index (χ2v) is 49.2. The van der Waals surface area contributed by atoms with Gasteiger partial charge in [0.05, 0.1) is 25.3 Å². The van der Waals surface area contributed by atoms with Gasteiger partial charge in [0.2, 0.25) is 0 Å². The molecule has 0 radical (unpaired) electrons. The molecule has 0 saturated heterocycles. The number of aromatic amines is 5. The standard InChI is InChI=1S/C12H17N5O4S.2C8H12N4O4.C8H14N4O2.C7H9N5O2S.3C7H18OSi/c1-5-20-10(18)15-9-13-7-6(22-9)8(17-16-7)14-11(19)21-12(2,3)4;2*1-8(2,3)16-7(13)9-5-4-6(11-10-5)12(14)15;1-8(2,3)14-7(13)10-6-4-5(9)11-12-6;1-2-14-7(13)10-6-9-5-3(15-6)4(8)11-12-5;3*1-5-8-6-7-9(2,3)4/h5H2,1-4H3,(H3,13,14,15,16,17,18,19);2*4H,1-3H3,(H2,9,10,11,13);4H,1-3H3,(H4,9,10,11,12,13);2H2,1H3,(H4,8,9,10,11,12,13);3*5-7H2,1-4H3. The number of carbonyl (C=O) groups is 6. The second-order valence-electron chi connectivity index (χ2n) is 30.3. The van der Waals surface area contributed by atoms with Gasteiger partial charge in [0, 0.05) is 69.9 Å². The fourth-order valence-electron chi connectivity index (χ4n) is 6.68. The van der Waals surface area contributed by atoms with Crippen LogP contribution in [0.4, 0.5) is 85.6 Å². The molecule has 0 bridgehead atoms. The molecule has 0 aromatic carbocycles. The largest absolute Gasteiger partial charge is 0.450 e. The SMILES string of the molecule is CC(C)(C)OC(=O)Nc1cc(N)[nH]n1.CC(C)(C)OC(=O)Nc1cc([N+](=O)[O-])[nH]n1.CC(C)(C)OC(=O)Nc1cc([N+](=O)[O-])[nH]n1.CCOC(=O)Nc1nc2n[nH]c(N)c2s1.CCOC(=O)Nc1nc2n[nH]c(NC(=O)OC(C)(C)C)c2s1.CCOCC[Si](C)(C)C.CCOCC[Si](C)(C)C.CCOCC[Si](C)(C)C. The number of fused-ring (bicyclic) bond motifs is 2. The number of nitrogens with zero attached hydrogens (tertiary/aromatic N) is 9. The van der Waals surface area contributed by atoms with Crippen molar-refractivity contribution in [1.29, 1.82) is 0 Å². The summed E-state index contributed by atoms with van der Waals surface area (Å²) in [4.78, 5) is 95.4. The third-order valence-corrected chi connectivity index (χ3v) is 18.5. The Morgan fingerprint density at radius 2 is 0.736 bits per heavy atom. The predicted octanol–water partition coefficient (Wildman–Crippen LogP) is 15.9. The minimum atomic E-state index is -0.819. The molecule has 6 amide bonds. The van der Waals surface area contributed by atoms with Crippen molar-refractivity contribution < 1.29 is 81.2 Å². The second kappa shape index (κ2) is 48.1. The van der Waals surface area contributed by atoms with Crippen molar-refractivity contribution >= 4 is 161 Å². The Morgan fingerprint density at radius 3 is 1.02 bits per heavy atom. The van der Waals surface area contributed by atoms with E-state index in [9.17, 15) is 49.0 Å². The maximum Gasteiger partial charge on any atom is 0.413 e. The minimum Gasteiger partial charge on any atom is -0.450 e. The summed E-state index contributed by atoms with van der Waals surface area (Å²) >= 11 is 2.40. The first kappa shape index (κ1) is 100. The summed E-state index contributed by atoms with van der Waals surface area (Å²) in [7, 11) is -2.46. The smallest absolute Gasteiger partial charge is 0.413 e. The van der Waals surface area contributed by atoms with Gasteiger partial charge in [-0.1, -0.05) is 91.8 Å². The fourth-order valence-corrected chi connectivity index (χ4v) is 10.6. The molecule has 0 aliphatic rings.